The number of carbonyl (C=O) groups excluding carboxylic acids is 1. The zero-order valence-electron chi connectivity index (χ0n) is 24.7. The predicted molar refractivity (Wildman–Crippen MR) is 167 cm³/mol. The Bertz CT molecular complexity index is 1620. The highest BCUT2D eigenvalue weighted by Crippen LogP contribution is 2.42. The third-order valence-electron chi connectivity index (χ3n) is 7.42. The van der Waals surface area contributed by atoms with Crippen molar-refractivity contribution < 1.29 is 29.3 Å². The van der Waals surface area contributed by atoms with Crippen LogP contribution >= 0.6 is 0 Å². The number of nitrogens with one attached hydrogen (secondary N) is 1. The van der Waals surface area contributed by atoms with Crippen molar-refractivity contribution in [2.75, 3.05) is 0 Å². The van der Waals surface area contributed by atoms with E-state index in [1.807, 2.05) is 48.7 Å². The SMILES string of the molecule is [C-]#[N+]c1ccc(CNC(=O)c2c(-c3ccccc3)c(-c3ccc(F)cc3)c(CC[C@@H](O)C[C@@H](O)CC(=O)O)n2C(C)C)cc1. The van der Waals surface area contributed by atoms with Gasteiger partial charge in [-0.1, -0.05) is 66.7 Å². The lowest BCUT2D eigenvalue weighted by Gasteiger charge is -2.20. The molecule has 1 heterocycles. The van der Waals surface area contributed by atoms with Crippen LogP contribution in [0, 0.1) is 12.4 Å². The topological polar surface area (TPSA) is 116 Å². The van der Waals surface area contributed by atoms with E-state index >= 15 is 0 Å². The number of benzene rings is 3. The van der Waals surface area contributed by atoms with E-state index in [-0.39, 0.29) is 31.3 Å². The Morgan fingerprint density at radius 2 is 1.55 bits per heavy atom. The van der Waals surface area contributed by atoms with E-state index in [2.05, 4.69) is 10.2 Å². The number of nitrogens with zero attached hydrogens (tertiary/aromatic N) is 2. The number of carboxylic acid groups (broad SMARTS) is 1. The molecule has 9 heteroatoms. The van der Waals surface area contributed by atoms with Gasteiger partial charge in [-0.3, -0.25) is 9.59 Å². The third kappa shape index (κ3) is 7.78. The van der Waals surface area contributed by atoms with Gasteiger partial charge in [-0.25, -0.2) is 9.24 Å². The summed E-state index contributed by atoms with van der Waals surface area (Å²) in [5, 5.41) is 32.9. The number of hydrogen-bond acceptors (Lipinski definition) is 4. The Balaban J connectivity index is 1.83. The van der Waals surface area contributed by atoms with Gasteiger partial charge in [-0.2, -0.15) is 0 Å². The molecular formula is C35H36FN3O5. The number of aliphatic carboxylic acids is 1. The molecule has 228 valence electrons. The van der Waals surface area contributed by atoms with Crippen molar-refractivity contribution in [2.24, 2.45) is 0 Å². The average molecular weight is 598 g/mol. The largest absolute Gasteiger partial charge is 0.481 e. The highest BCUT2D eigenvalue weighted by atomic mass is 19.1. The second-order valence-electron chi connectivity index (χ2n) is 11.0. The van der Waals surface area contributed by atoms with E-state index in [9.17, 15) is 24.2 Å². The second kappa shape index (κ2) is 14.6. The van der Waals surface area contributed by atoms with Crippen molar-refractivity contribution in [1.82, 2.24) is 9.88 Å². The summed E-state index contributed by atoms with van der Waals surface area (Å²) in [5.74, 6) is -1.87. The first kappa shape index (κ1) is 32.1. The number of hydrogen-bond donors (Lipinski definition) is 4. The molecule has 0 spiro atoms. The summed E-state index contributed by atoms with van der Waals surface area (Å²) in [5.41, 5.74) is 5.39. The first-order chi connectivity index (χ1) is 21.1. The number of carboxylic acids is 1. The molecule has 1 amide bonds. The van der Waals surface area contributed by atoms with E-state index < -0.39 is 30.4 Å². The van der Waals surface area contributed by atoms with Gasteiger partial charge in [0.2, 0.25) is 0 Å². The second-order valence-corrected chi connectivity index (χ2v) is 11.0. The van der Waals surface area contributed by atoms with Gasteiger partial charge in [0, 0.05) is 29.4 Å². The van der Waals surface area contributed by atoms with Gasteiger partial charge in [-0.05, 0) is 61.9 Å². The predicted octanol–water partition coefficient (Wildman–Crippen LogP) is 6.54. The van der Waals surface area contributed by atoms with Crippen LogP contribution in [0.5, 0.6) is 0 Å². The smallest absolute Gasteiger partial charge is 0.305 e. The van der Waals surface area contributed by atoms with E-state index in [0.717, 1.165) is 22.4 Å². The molecule has 0 fully saturated rings. The fraction of sp³-hybridized carbons (Fsp3) is 0.286. The molecule has 8 nitrogen and oxygen atoms in total. The number of aromatic nitrogens is 1. The minimum atomic E-state index is -1.19. The maximum Gasteiger partial charge on any atom is 0.305 e. The Morgan fingerprint density at radius 3 is 2.14 bits per heavy atom. The molecule has 3 aromatic carbocycles. The van der Waals surface area contributed by atoms with Gasteiger partial charge in [-0.15, -0.1) is 0 Å². The molecule has 0 saturated heterocycles. The standard InChI is InChI=1S/C35H36FN3O5/c1-22(2)39-30(18-17-28(40)19-29(41)20-31(42)43)32(25-11-13-26(36)14-12-25)33(24-7-5-4-6-8-24)34(39)35(44)38-21-23-9-15-27(37-3)16-10-23/h4-16,22,28-29,40-41H,17-21H2,1-2H3,(H,38,44)(H,42,43)/t28-,29-/m1/s1. The van der Waals surface area contributed by atoms with Crippen molar-refractivity contribution in [3.63, 3.8) is 0 Å². The lowest BCUT2D eigenvalue weighted by atomic mass is 9.92. The number of carbonyl (C=O) groups is 2. The monoisotopic (exact) mass is 597 g/mol. The fourth-order valence-electron chi connectivity index (χ4n) is 5.46. The maximum absolute atomic E-state index is 14.1. The summed E-state index contributed by atoms with van der Waals surface area (Å²) < 4.78 is 16.0. The van der Waals surface area contributed by atoms with Crippen LogP contribution < -0.4 is 5.32 Å². The van der Waals surface area contributed by atoms with Gasteiger partial charge in [0.25, 0.3) is 5.91 Å². The molecule has 4 aromatic rings. The fourth-order valence-corrected chi connectivity index (χ4v) is 5.46. The summed E-state index contributed by atoms with van der Waals surface area (Å²) in [6.45, 7) is 11.3. The average Bonchev–Trinajstić information content (AvgIpc) is 3.35. The van der Waals surface area contributed by atoms with Crippen LogP contribution in [0.2, 0.25) is 0 Å². The van der Waals surface area contributed by atoms with Crippen molar-refractivity contribution in [3.05, 3.63) is 113 Å². The van der Waals surface area contributed by atoms with Crippen LogP contribution in [-0.2, 0) is 17.8 Å². The molecule has 0 saturated carbocycles. The molecule has 4 rings (SSSR count). The van der Waals surface area contributed by atoms with Gasteiger partial charge >= 0.3 is 5.97 Å². The Hall–Kier alpha value is -4.78. The van der Waals surface area contributed by atoms with Gasteiger partial charge < -0.3 is 25.2 Å². The molecule has 2 atom stereocenters. The number of aliphatic hydroxyl groups excluding tert-OH is 2. The van der Waals surface area contributed by atoms with Crippen molar-refractivity contribution >= 4 is 17.6 Å². The van der Waals surface area contributed by atoms with Crippen LogP contribution in [0.3, 0.4) is 0 Å². The molecule has 1 aromatic heterocycles. The number of amides is 1. The van der Waals surface area contributed by atoms with E-state index in [0.29, 0.717) is 28.9 Å². The molecule has 0 aliphatic carbocycles. The molecule has 0 aliphatic rings. The van der Waals surface area contributed by atoms with Crippen LogP contribution in [0.25, 0.3) is 27.1 Å². The highest BCUT2D eigenvalue weighted by Gasteiger charge is 2.30. The quantitative estimate of drug-likeness (QED) is 0.131. The molecule has 4 N–H and O–H groups in total. The first-order valence-electron chi connectivity index (χ1n) is 14.5. The maximum atomic E-state index is 14.1. The molecule has 0 unspecified atom stereocenters. The lowest BCUT2D eigenvalue weighted by molar-refractivity contribution is -0.139. The molecule has 0 radical (unpaired) electrons. The first-order valence-corrected chi connectivity index (χ1v) is 14.5. The Kier molecular flexibility index (Phi) is 10.7. The molecular weight excluding hydrogens is 561 g/mol. The van der Waals surface area contributed by atoms with Gasteiger partial charge in [0.15, 0.2) is 5.69 Å². The summed E-state index contributed by atoms with van der Waals surface area (Å²) in [7, 11) is 0. The van der Waals surface area contributed by atoms with Crippen LogP contribution in [-0.4, -0.2) is 44.0 Å². The molecule has 0 bridgehead atoms. The number of aliphatic hydroxyl groups is 2. The van der Waals surface area contributed by atoms with Gasteiger partial charge in [0.05, 0.1) is 25.2 Å². The normalized spacial score (nSPS) is 12.5. The van der Waals surface area contributed by atoms with Crippen LogP contribution in [0.4, 0.5) is 10.1 Å². The third-order valence-corrected chi connectivity index (χ3v) is 7.42. The van der Waals surface area contributed by atoms with Crippen molar-refractivity contribution in [3.8, 4) is 22.3 Å². The van der Waals surface area contributed by atoms with Crippen molar-refractivity contribution in [1.29, 1.82) is 0 Å². The van der Waals surface area contributed by atoms with Gasteiger partial charge in [0.1, 0.15) is 11.5 Å². The lowest BCUT2D eigenvalue weighted by Crippen LogP contribution is -2.27. The van der Waals surface area contributed by atoms with Crippen LogP contribution in [0.15, 0.2) is 78.9 Å². The zero-order chi connectivity index (χ0) is 31.8. The van der Waals surface area contributed by atoms with E-state index in [4.69, 9.17) is 11.7 Å². The Morgan fingerprint density at radius 1 is 0.909 bits per heavy atom. The zero-order valence-corrected chi connectivity index (χ0v) is 24.7. The van der Waals surface area contributed by atoms with Crippen LogP contribution in [0.1, 0.15) is 60.9 Å². The minimum absolute atomic E-state index is 0.105. The molecule has 0 aliphatic heterocycles. The highest BCUT2D eigenvalue weighted by molar-refractivity contribution is 6.05. The summed E-state index contributed by atoms with van der Waals surface area (Å²) in [6.07, 6.45) is -2.26. The number of rotatable bonds is 13. The van der Waals surface area contributed by atoms with Crippen molar-refractivity contribution in [2.45, 2.75) is 64.3 Å². The Labute approximate surface area is 256 Å². The number of halogens is 1. The molecule has 44 heavy (non-hydrogen) atoms. The summed E-state index contributed by atoms with van der Waals surface area (Å²) in [4.78, 5) is 28.5. The summed E-state index contributed by atoms with van der Waals surface area (Å²) >= 11 is 0. The van der Waals surface area contributed by atoms with E-state index in [1.54, 1.807) is 36.4 Å². The minimum Gasteiger partial charge on any atom is -0.481 e. The summed E-state index contributed by atoms with van der Waals surface area (Å²) in [6, 6.07) is 22.3. The van der Waals surface area contributed by atoms with E-state index in [1.165, 1.54) is 12.1 Å².